The van der Waals surface area contributed by atoms with Gasteiger partial charge >= 0.3 is 6.18 Å². The zero-order valence-electron chi connectivity index (χ0n) is 10.6. The van der Waals surface area contributed by atoms with E-state index in [9.17, 15) is 21.6 Å². The van der Waals surface area contributed by atoms with Gasteiger partial charge in [0.1, 0.15) is 11.4 Å². The lowest BCUT2D eigenvalue weighted by molar-refractivity contribution is -0.137. The van der Waals surface area contributed by atoms with Gasteiger partial charge in [0.25, 0.3) is 0 Å². The number of thiophene rings is 1. The van der Waals surface area contributed by atoms with E-state index in [4.69, 9.17) is 11.6 Å². The Bertz CT molecular complexity index is 593. The summed E-state index contributed by atoms with van der Waals surface area (Å²) in [5, 5.41) is 1.60. The van der Waals surface area contributed by atoms with Crippen LogP contribution >= 0.6 is 22.9 Å². The van der Waals surface area contributed by atoms with E-state index in [0.29, 0.717) is 27.6 Å². The molecule has 1 heterocycles. The highest BCUT2D eigenvalue weighted by Crippen LogP contribution is 2.38. The van der Waals surface area contributed by atoms with Crippen molar-refractivity contribution in [1.82, 2.24) is 4.31 Å². The summed E-state index contributed by atoms with van der Waals surface area (Å²) in [6.45, 7) is 0.120. The summed E-state index contributed by atoms with van der Waals surface area (Å²) in [5.41, 5.74) is 0.443. The van der Waals surface area contributed by atoms with Gasteiger partial charge < -0.3 is 0 Å². The first kappa shape index (κ1) is 16.1. The third-order valence-corrected chi connectivity index (χ3v) is 6.75. The summed E-state index contributed by atoms with van der Waals surface area (Å²) in [5.74, 6) is -0.0302. The molecule has 0 atom stereocenters. The van der Waals surface area contributed by atoms with Gasteiger partial charge in [-0.1, -0.05) is 0 Å². The van der Waals surface area contributed by atoms with Crippen LogP contribution in [0.4, 0.5) is 13.2 Å². The predicted octanol–water partition coefficient (Wildman–Crippen LogP) is 3.51. The number of nitrogens with zero attached hydrogens (tertiary/aromatic N) is 1. The summed E-state index contributed by atoms with van der Waals surface area (Å²) in [7, 11) is -4.16. The van der Waals surface area contributed by atoms with Crippen LogP contribution in [0.1, 0.15) is 23.3 Å². The molecule has 20 heavy (non-hydrogen) atoms. The van der Waals surface area contributed by atoms with Crippen LogP contribution in [0, 0.1) is 6.92 Å². The zero-order valence-corrected chi connectivity index (χ0v) is 13.0. The molecule has 0 bridgehead atoms. The normalized spacial score (nSPS) is 16.9. The lowest BCUT2D eigenvalue weighted by Gasteiger charge is -2.23. The van der Waals surface area contributed by atoms with Crippen molar-refractivity contribution in [2.75, 3.05) is 6.54 Å². The van der Waals surface area contributed by atoms with E-state index in [1.54, 1.807) is 12.3 Å². The minimum atomic E-state index is -4.55. The molecule has 0 aliphatic heterocycles. The van der Waals surface area contributed by atoms with Gasteiger partial charge in [-0.05, 0) is 30.7 Å². The van der Waals surface area contributed by atoms with Crippen molar-refractivity contribution >= 4 is 33.0 Å². The Labute approximate surface area is 124 Å². The molecule has 9 heteroatoms. The molecule has 1 aliphatic rings. The lowest BCUT2D eigenvalue weighted by atomic mass is 10.3. The van der Waals surface area contributed by atoms with Crippen molar-refractivity contribution in [3.8, 4) is 0 Å². The van der Waals surface area contributed by atoms with Crippen LogP contribution < -0.4 is 0 Å². The molecule has 1 saturated carbocycles. The van der Waals surface area contributed by atoms with Crippen LogP contribution in [0.5, 0.6) is 0 Å². The van der Waals surface area contributed by atoms with Gasteiger partial charge in [-0.25, -0.2) is 8.42 Å². The average molecular weight is 348 g/mol. The summed E-state index contributed by atoms with van der Waals surface area (Å²) >= 11 is 6.84. The topological polar surface area (TPSA) is 37.4 Å². The second-order valence-corrected chi connectivity index (χ2v) is 7.76. The predicted molar refractivity (Wildman–Crippen MR) is 71.6 cm³/mol. The molecule has 2 rings (SSSR count). The minimum absolute atomic E-state index is 0.0302. The fourth-order valence-electron chi connectivity index (χ4n) is 1.99. The number of rotatable bonds is 5. The molecular weight excluding hydrogens is 335 g/mol. The molecule has 3 nitrogen and oxygen atoms in total. The maximum absolute atomic E-state index is 12.6. The molecule has 0 spiro atoms. The lowest BCUT2D eigenvalue weighted by Crippen LogP contribution is -2.40. The summed E-state index contributed by atoms with van der Waals surface area (Å²) in [4.78, 5) is 0.325. The van der Waals surface area contributed by atoms with Crippen LogP contribution in [0.3, 0.4) is 0 Å². The van der Waals surface area contributed by atoms with Crippen molar-refractivity contribution in [1.29, 1.82) is 0 Å². The minimum Gasteiger partial charge on any atom is -0.207 e. The molecular formula is C11H13ClF3NO2S2. The molecule has 0 N–H and O–H groups in total. The molecule has 0 radical (unpaired) electrons. The van der Waals surface area contributed by atoms with Crippen molar-refractivity contribution in [2.45, 2.75) is 42.8 Å². The van der Waals surface area contributed by atoms with E-state index in [1.807, 2.05) is 0 Å². The highest BCUT2D eigenvalue weighted by molar-refractivity contribution is 7.89. The van der Waals surface area contributed by atoms with Gasteiger partial charge in [0.2, 0.25) is 10.0 Å². The quantitative estimate of drug-likeness (QED) is 0.764. The van der Waals surface area contributed by atoms with E-state index in [1.165, 1.54) is 0 Å². The fraction of sp³-hybridized carbons (Fsp3) is 0.636. The number of aryl methyl sites for hydroxylation is 1. The van der Waals surface area contributed by atoms with E-state index in [0.717, 1.165) is 11.3 Å². The molecule has 114 valence electrons. The second-order valence-electron chi connectivity index (χ2n) is 4.70. The van der Waals surface area contributed by atoms with Crippen molar-refractivity contribution in [3.05, 3.63) is 15.8 Å². The van der Waals surface area contributed by atoms with Crippen molar-refractivity contribution < 1.29 is 21.6 Å². The van der Waals surface area contributed by atoms with Crippen LogP contribution in [-0.2, 0) is 15.9 Å². The average Bonchev–Trinajstić information content (AvgIpc) is 3.07. The number of alkyl halides is 4. The Morgan fingerprint density at radius 1 is 1.45 bits per heavy atom. The zero-order chi connectivity index (χ0) is 15.1. The Kier molecular flexibility index (Phi) is 4.40. The third kappa shape index (κ3) is 3.29. The van der Waals surface area contributed by atoms with E-state index >= 15 is 0 Å². The number of hydrogen-bond acceptors (Lipinski definition) is 3. The van der Waals surface area contributed by atoms with Crippen LogP contribution in [0.15, 0.2) is 10.3 Å². The molecule has 1 aromatic heterocycles. The maximum atomic E-state index is 12.6. The van der Waals surface area contributed by atoms with Gasteiger partial charge in [-0.3, -0.25) is 0 Å². The standard InChI is InChI=1S/C11H13ClF3NO2S2/c1-7-5-19-9(4-12)10(7)20(17,18)16(8-2-3-8)6-11(13,14)15/h5,8H,2-4,6H2,1H3. The molecule has 0 amide bonds. The van der Waals surface area contributed by atoms with Crippen LogP contribution in [0.2, 0.25) is 0 Å². The van der Waals surface area contributed by atoms with Crippen LogP contribution in [-0.4, -0.2) is 31.5 Å². The Hall–Kier alpha value is -0.310. The van der Waals surface area contributed by atoms with E-state index in [-0.39, 0.29) is 10.8 Å². The van der Waals surface area contributed by atoms with Gasteiger partial charge in [-0.15, -0.1) is 22.9 Å². The maximum Gasteiger partial charge on any atom is 0.402 e. The van der Waals surface area contributed by atoms with E-state index < -0.39 is 28.8 Å². The smallest absolute Gasteiger partial charge is 0.207 e. The molecule has 0 saturated heterocycles. The highest BCUT2D eigenvalue weighted by atomic mass is 35.5. The molecule has 1 fully saturated rings. The number of sulfonamides is 1. The van der Waals surface area contributed by atoms with Gasteiger partial charge in [0.05, 0.1) is 5.88 Å². The second kappa shape index (κ2) is 5.47. The number of hydrogen-bond donors (Lipinski definition) is 0. The first-order chi connectivity index (χ1) is 9.16. The third-order valence-electron chi connectivity index (χ3n) is 2.97. The van der Waals surface area contributed by atoms with Crippen molar-refractivity contribution in [3.63, 3.8) is 0 Å². The SMILES string of the molecule is Cc1csc(CCl)c1S(=O)(=O)N(CC(F)(F)F)C1CC1. The first-order valence-electron chi connectivity index (χ1n) is 5.88. The molecule has 0 unspecified atom stereocenters. The summed E-state index contributed by atoms with van der Waals surface area (Å²) in [6, 6.07) is -0.552. The Morgan fingerprint density at radius 3 is 2.50 bits per heavy atom. The molecule has 1 aliphatic carbocycles. The first-order valence-corrected chi connectivity index (χ1v) is 8.74. The van der Waals surface area contributed by atoms with Crippen molar-refractivity contribution in [2.24, 2.45) is 0 Å². The van der Waals surface area contributed by atoms with E-state index in [2.05, 4.69) is 0 Å². The largest absolute Gasteiger partial charge is 0.402 e. The highest BCUT2D eigenvalue weighted by Gasteiger charge is 2.45. The fourth-order valence-corrected chi connectivity index (χ4v) is 5.68. The number of halogens is 4. The molecule has 1 aromatic rings. The molecule has 0 aromatic carbocycles. The Morgan fingerprint density at radius 2 is 2.05 bits per heavy atom. The summed E-state index contributed by atoms with van der Waals surface area (Å²) in [6.07, 6.45) is -3.62. The van der Waals surface area contributed by atoms with Gasteiger partial charge in [0.15, 0.2) is 0 Å². The van der Waals surface area contributed by atoms with Gasteiger partial charge in [-0.2, -0.15) is 17.5 Å². The summed E-state index contributed by atoms with van der Waals surface area (Å²) < 4.78 is 63.5. The Balaban J connectivity index is 2.43. The van der Waals surface area contributed by atoms with Crippen LogP contribution in [0.25, 0.3) is 0 Å². The monoisotopic (exact) mass is 347 g/mol. The van der Waals surface area contributed by atoms with Gasteiger partial charge in [0, 0.05) is 10.9 Å².